The van der Waals surface area contributed by atoms with Gasteiger partial charge >= 0.3 is 0 Å². The summed E-state index contributed by atoms with van der Waals surface area (Å²) in [6.07, 6.45) is 1.54. The maximum absolute atomic E-state index is 14.5. The Bertz CT molecular complexity index is 1730. The molecule has 9 atom stereocenters. The molecule has 0 aromatic heterocycles. The van der Waals surface area contributed by atoms with Gasteiger partial charge in [0.15, 0.2) is 0 Å². The molecule has 0 spiro atoms. The van der Waals surface area contributed by atoms with E-state index in [-0.39, 0.29) is 53.7 Å². The molecule has 310 valence electrons. The average molecular weight is 775 g/mol. The van der Waals surface area contributed by atoms with Crippen LogP contribution in [0.4, 0.5) is 5.69 Å². The number of benzene rings is 2. The Morgan fingerprint density at radius 2 is 1.77 bits per heavy atom. The van der Waals surface area contributed by atoms with Crippen LogP contribution in [-0.2, 0) is 21.0 Å². The fourth-order valence-corrected chi connectivity index (χ4v) is 9.85. The van der Waals surface area contributed by atoms with E-state index in [1.165, 1.54) is 13.3 Å². The predicted molar refractivity (Wildman–Crippen MR) is 224 cm³/mol. The molecule has 1 heterocycles. The minimum absolute atomic E-state index is 0.0153. The summed E-state index contributed by atoms with van der Waals surface area (Å²) in [4.78, 5) is 51.0. The summed E-state index contributed by atoms with van der Waals surface area (Å²) < 4.78 is 0. The number of rotatable bonds is 14. The Labute approximate surface area is 336 Å². The third-order valence-corrected chi connectivity index (χ3v) is 13.0. The second kappa shape index (κ2) is 17.1. The second-order valence-corrected chi connectivity index (χ2v) is 19.4. The molecule has 3 saturated carbocycles. The number of hydroxylamine groups is 2. The Kier molecular flexibility index (Phi) is 13.4. The van der Waals surface area contributed by atoms with Crippen LogP contribution in [0.1, 0.15) is 96.1 Å². The highest BCUT2D eigenvalue weighted by atomic mass is 16.7. The molecule has 11 nitrogen and oxygen atoms in total. The standard InChI is InChI=1S/C45H70N6O5/c1-26-30(15-14-16-36(26)31-17-32(19-35(18-31)50(12)13)42(54)47-34(25-49(10)11)22-44(5,6)7)24-51-41(40(28(3)52)39(56-51)23-46-29(4)53)43(55)48-38-21-33-20-37(27(38)2)45(33,8)9/h14-19,27-28,33-34,37-41,52H,20-25H2,1-13H3,(H,46,53)(H,47,54)(H,48,55)/t27-,28-,33+,34-,37-,38?,39-,40+,41-/m0/s1. The highest BCUT2D eigenvalue weighted by Crippen LogP contribution is 2.61. The highest BCUT2D eigenvalue weighted by Gasteiger charge is 2.57. The number of aliphatic hydroxyl groups is 1. The Hall–Kier alpha value is -3.51. The van der Waals surface area contributed by atoms with Gasteiger partial charge in [-0.15, -0.1) is 0 Å². The molecule has 1 aliphatic heterocycles. The van der Waals surface area contributed by atoms with Crippen LogP contribution in [0.15, 0.2) is 36.4 Å². The fourth-order valence-electron chi connectivity index (χ4n) is 9.85. The van der Waals surface area contributed by atoms with Gasteiger partial charge in [-0.3, -0.25) is 19.2 Å². The van der Waals surface area contributed by atoms with Crippen LogP contribution in [0.5, 0.6) is 0 Å². The van der Waals surface area contributed by atoms with Gasteiger partial charge < -0.3 is 30.9 Å². The summed E-state index contributed by atoms with van der Waals surface area (Å²) in [6.45, 7) is 19.9. The third kappa shape index (κ3) is 9.77. The predicted octanol–water partition coefficient (Wildman–Crippen LogP) is 5.63. The molecule has 56 heavy (non-hydrogen) atoms. The fraction of sp³-hybridized carbons (Fsp3) is 0.667. The van der Waals surface area contributed by atoms with Crippen molar-refractivity contribution < 1.29 is 24.3 Å². The first kappa shape index (κ1) is 43.6. The number of amides is 3. The van der Waals surface area contributed by atoms with Gasteiger partial charge in [-0.1, -0.05) is 59.7 Å². The van der Waals surface area contributed by atoms with Gasteiger partial charge in [0.2, 0.25) is 11.8 Å². The van der Waals surface area contributed by atoms with Crippen LogP contribution >= 0.6 is 0 Å². The number of nitrogens with zero attached hydrogens (tertiary/aromatic N) is 3. The molecule has 2 aromatic rings. The van der Waals surface area contributed by atoms with E-state index in [0.29, 0.717) is 23.3 Å². The van der Waals surface area contributed by atoms with Gasteiger partial charge in [-0.05, 0) is 116 Å². The number of carbonyl (C=O) groups excluding carboxylic acids is 3. The van der Waals surface area contributed by atoms with E-state index < -0.39 is 24.2 Å². The summed E-state index contributed by atoms with van der Waals surface area (Å²) in [6, 6.07) is 11.4. The number of fused-ring (bicyclic) bond motifs is 2. The lowest BCUT2D eigenvalue weighted by molar-refractivity contribution is -0.177. The number of anilines is 1. The maximum atomic E-state index is 14.5. The first-order valence-corrected chi connectivity index (χ1v) is 20.6. The molecule has 1 saturated heterocycles. The quantitative estimate of drug-likeness (QED) is 0.195. The van der Waals surface area contributed by atoms with Gasteiger partial charge in [0.1, 0.15) is 12.1 Å². The zero-order valence-corrected chi connectivity index (χ0v) is 36.3. The van der Waals surface area contributed by atoms with Gasteiger partial charge in [-0.2, -0.15) is 5.06 Å². The van der Waals surface area contributed by atoms with Crippen LogP contribution < -0.4 is 20.9 Å². The summed E-state index contributed by atoms with van der Waals surface area (Å²) in [5, 5.41) is 22.5. The lowest BCUT2D eigenvalue weighted by atomic mass is 9.45. The van der Waals surface area contributed by atoms with E-state index in [4.69, 9.17) is 4.84 Å². The lowest BCUT2D eigenvalue weighted by Crippen LogP contribution is -2.62. The molecule has 2 aromatic carbocycles. The molecule has 3 amide bonds. The van der Waals surface area contributed by atoms with Crippen molar-refractivity contribution in [1.82, 2.24) is 25.9 Å². The van der Waals surface area contributed by atoms with E-state index in [9.17, 15) is 19.5 Å². The number of likely N-dealkylation sites (N-methyl/N-ethyl adjacent to an activating group) is 1. The average Bonchev–Trinajstić information content (AvgIpc) is 3.46. The number of aliphatic hydroxyl groups excluding tert-OH is 1. The number of carbonyl (C=O) groups is 3. The second-order valence-electron chi connectivity index (χ2n) is 19.4. The van der Waals surface area contributed by atoms with Gasteiger partial charge in [0, 0.05) is 63.4 Å². The van der Waals surface area contributed by atoms with E-state index in [0.717, 1.165) is 47.3 Å². The summed E-state index contributed by atoms with van der Waals surface area (Å²) in [5.74, 6) is 0.457. The molecular formula is C45H70N6O5. The number of nitrogens with one attached hydrogen (secondary N) is 3. The van der Waals surface area contributed by atoms with E-state index in [1.807, 2.05) is 57.4 Å². The summed E-state index contributed by atoms with van der Waals surface area (Å²) in [5.41, 5.74) is 5.67. The number of hydrogen-bond donors (Lipinski definition) is 4. The topological polar surface area (TPSA) is 126 Å². The van der Waals surface area contributed by atoms with Crippen molar-refractivity contribution in [3.8, 4) is 11.1 Å². The lowest BCUT2D eigenvalue weighted by Gasteiger charge is -2.62. The number of hydrogen-bond acceptors (Lipinski definition) is 8. The van der Waals surface area contributed by atoms with E-state index in [1.54, 1.807) is 12.0 Å². The first-order chi connectivity index (χ1) is 26.1. The first-order valence-electron chi connectivity index (χ1n) is 20.6. The Morgan fingerprint density at radius 3 is 2.34 bits per heavy atom. The SMILES string of the molecule is CC(=O)NC[C@@H]1ON(Cc2cccc(-c3cc(C(=O)N[C@H](CN(C)C)CC(C)(C)C)cc(N(C)C)c3)c2C)[C@H](C(=O)NC2C[C@H]3C[C@@H]([C@@H]2C)C3(C)C)[C@@H]1[C@H](C)O. The van der Waals surface area contributed by atoms with Crippen LogP contribution in [0.2, 0.25) is 0 Å². The monoisotopic (exact) mass is 775 g/mol. The van der Waals surface area contributed by atoms with Crippen LogP contribution in [0, 0.1) is 41.4 Å². The molecular weight excluding hydrogens is 705 g/mol. The van der Waals surface area contributed by atoms with Crippen LogP contribution in [0.25, 0.3) is 11.1 Å². The van der Waals surface area contributed by atoms with Crippen molar-refractivity contribution in [1.29, 1.82) is 0 Å². The largest absolute Gasteiger partial charge is 0.393 e. The van der Waals surface area contributed by atoms with Gasteiger partial charge in [-0.25, -0.2) is 0 Å². The zero-order chi connectivity index (χ0) is 41.4. The van der Waals surface area contributed by atoms with Crippen molar-refractivity contribution >= 4 is 23.4 Å². The molecule has 0 radical (unpaired) electrons. The van der Waals surface area contributed by atoms with Gasteiger partial charge in [0.05, 0.1) is 12.6 Å². The van der Waals surface area contributed by atoms with Crippen LogP contribution in [-0.4, -0.2) is 104 Å². The summed E-state index contributed by atoms with van der Waals surface area (Å²) in [7, 11) is 8.00. The third-order valence-electron chi connectivity index (χ3n) is 13.0. The molecule has 11 heteroatoms. The molecule has 3 aliphatic carbocycles. The molecule has 4 N–H and O–H groups in total. The molecule has 4 fully saturated rings. The molecule has 4 aliphatic rings. The van der Waals surface area contributed by atoms with Crippen LogP contribution in [0.3, 0.4) is 0 Å². The van der Waals surface area contributed by atoms with E-state index >= 15 is 0 Å². The molecule has 6 rings (SSSR count). The van der Waals surface area contributed by atoms with Crippen molar-refractivity contribution in [2.75, 3.05) is 46.2 Å². The molecule has 2 bridgehead atoms. The molecule has 1 unspecified atom stereocenters. The zero-order valence-electron chi connectivity index (χ0n) is 36.3. The van der Waals surface area contributed by atoms with Crippen molar-refractivity contribution in [3.63, 3.8) is 0 Å². The minimum Gasteiger partial charge on any atom is -0.393 e. The Balaban J connectivity index is 1.45. The van der Waals surface area contributed by atoms with Crippen molar-refractivity contribution in [2.45, 2.75) is 118 Å². The summed E-state index contributed by atoms with van der Waals surface area (Å²) >= 11 is 0. The van der Waals surface area contributed by atoms with Crippen molar-refractivity contribution in [2.24, 2.45) is 34.5 Å². The maximum Gasteiger partial charge on any atom is 0.251 e. The smallest absolute Gasteiger partial charge is 0.251 e. The minimum atomic E-state index is -0.864. The Morgan fingerprint density at radius 1 is 1.07 bits per heavy atom. The highest BCUT2D eigenvalue weighted by molar-refractivity contribution is 5.97. The van der Waals surface area contributed by atoms with E-state index in [2.05, 4.69) is 81.4 Å². The normalized spacial score (nSPS) is 26.9. The van der Waals surface area contributed by atoms with Gasteiger partial charge in [0.25, 0.3) is 5.91 Å². The van der Waals surface area contributed by atoms with Crippen molar-refractivity contribution in [3.05, 3.63) is 53.1 Å².